The Labute approximate surface area is 72.7 Å². The lowest BCUT2D eigenvalue weighted by Gasteiger charge is -2.21. The van der Waals surface area contributed by atoms with Crippen LogP contribution in [0, 0.1) is 0 Å². The van der Waals surface area contributed by atoms with Gasteiger partial charge in [0.2, 0.25) is 0 Å². The Morgan fingerprint density at radius 2 is 1.92 bits per heavy atom. The van der Waals surface area contributed by atoms with Crippen molar-refractivity contribution in [2.45, 2.75) is 51.2 Å². The Hall–Kier alpha value is -0.570. The van der Waals surface area contributed by atoms with Gasteiger partial charge in [0.1, 0.15) is 0 Å². The molecule has 0 amide bonds. The first-order chi connectivity index (χ1) is 5.54. The van der Waals surface area contributed by atoms with Crippen LogP contribution in [0.4, 0.5) is 0 Å². The first-order valence-corrected chi connectivity index (χ1v) is 4.48. The molecule has 0 bridgehead atoms. The number of carbonyl (C=O) groups is 1. The van der Waals surface area contributed by atoms with Gasteiger partial charge in [-0.15, -0.1) is 0 Å². The maximum absolute atomic E-state index is 11.3. The largest absolute Gasteiger partial charge is 0.461 e. The summed E-state index contributed by atoms with van der Waals surface area (Å²) < 4.78 is 4.95. The lowest BCUT2D eigenvalue weighted by Crippen LogP contribution is -2.38. The van der Waals surface area contributed by atoms with E-state index in [4.69, 9.17) is 4.74 Å². The van der Waals surface area contributed by atoms with Crippen LogP contribution in [0.5, 0.6) is 0 Å². The lowest BCUT2D eigenvalue weighted by atomic mass is 10.0. The van der Waals surface area contributed by atoms with Crippen molar-refractivity contribution in [3.8, 4) is 0 Å². The van der Waals surface area contributed by atoms with E-state index in [1.807, 2.05) is 0 Å². The summed E-state index contributed by atoms with van der Waals surface area (Å²) in [6.07, 6.45) is 2.81. The van der Waals surface area contributed by atoms with Gasteiger partial charge in [-0.2, -0.15) is 0 Å². The molecule has 0 atom stereocenters. The van der Waals surface area contributed by atoms with Crippen molar-refractivity contribution in [3.63, 3.8) is 0 Å². The van der Waals surface area contributed by atoms with E-state index in [1.165, 1.54) is 0 Å². The predicted octanol–water partition coefficient (Wildman–Crippen LogP) is 1.24. The zero-order valence-corrected chi connectivity index (χ0v) is 7.67. The van der Waals surface area contributed by atoms with Crippen LogP contribution in [0.3, 0.4) is 0 Å². The molecule has 1 rings (SSSR count). The second-order valence-electron chi connectivity index (χ2n) is 3.69. The van der Waals surface area contributed by atoms with E-state index in [-0.39, 0.29) is 6.10 Å². The number of rotatable bonds is 2. The zero-order chi connectivity index (χ0) is 9.19. The van der Waals surface area contributed by atoms with Crippen molar-refractivity contribution in [2.24, 2.45) is 0 Å². The fraction of sp³-hybridized carbons (Fsp3) is 0.889. The molecular formula is C9H16O3. The maximum atomic E-state index is 11.3. The SMILES string of the molecule is CC(C)OC(=O)C1(O)CCCC1. The fourth-order valence-electron chi connectivity index (χ4n) is 1.49. The molecule has 0 aromatic carbocycles. The van der Waals surface area contributed by atoms with Gasteiger partial charge in [0.15, 0.2) is 5.60 Å². The molecular weight excluding hydrogens is 156 g/mol. The number of aliphatic hydroxyl groups is 1. The Kier molecular flexibility index (Phi) is 2.73. The third kappa shape index (κ3) is 1.97. The van der Waals surface area contributed by atoms with E-state index in [2.05, 4.69) is 0 Å². The van der Waals surface area contributed by atoms with E-state index in [0.29, 0.717) is 12.8 Å². The smallest absolute Gasteiger partial charge is 0.338 e. The van der Waals surface area contributed by atoms with Gasteiger partial charge < -0.3 is 9.84 Å². The molecule has 0 aromatic rings. The molecule has 0 unspecified atom stereocenters. The van der Waals surface area contributed by atoms with Gasteiger partial charge in [-0.3, -0.25) is 0 Å². The first-order valence-electron chi connectivity index (χ1n) is 4.48. The van der Waals surface area contributed by atoms with Crippen LogP contribution < -0.4 is 0 Å². The van der Waals surface area contributed by atoms with Crippen molar-refractivity contribution < 1.29 is 14.6 Å². The van der Waals surface area contributed by atoms with Gasteiger partial charge >= 0.3 is 5.97 Å². The van der Waals surface area contributed by atoms with Gasteiger partial charge in [0.25, 0.3) is 0 Å². The topological polar surface area (TPSA) is 46.5 Å². The number of ether oxygens (including phenoxy) is 1. The van der Waals surface area contributed by atoms with Crippen LogP contribution in [0.1, 0.15) is 39.5 Å². The second kappa shape index (κ2) is 3.44. The summed E-state index contributed by atoms with van der Waals surface area (Å²) in [4.78, 5) is 11.3. The zero-order valence-electron chi connectivity index (χ0n) is 7.67. The number of carbonyl (C=O) groups excluding carboxylic acids is 1. The van der Waals surface area contributed by atoms with Gasteiger partial charge in [-0.25, -0.2) is 4.79 Å². The molecule has 3 heteroatoms. The highest BCUT2D eigenvalue weighted by Crippen LogP contribution is 2.30. The first kappa shape index (κ1) is 9.52. The van der Waals surface area contributed by atoms with Crippen LogP contribution in [0.2, 0.25) is 0 Å². The van der Waals surface area contributed by atoms with Crippen LogP contribution in [-0.2, 0) is 9.53 Å². The Morgan fingerprint density at radius 1 is 1.42 bits per heavy atom. The molecule has 0 aliphatic heterocycles. The average molecular weight is 172 g/mol. The van der Waals surface area contributed by atoms with Gasteiger partial charge in [-0.1, -0.05) is 0 Å². The van der Waals surface area contributed by atoms with Crippen LogP contribution in [0.15, 0.2) is 0 Å². The molecule has 0 heterocycles. The molecule has 70 valence electrons. The highest BCUT2D eigenvalue weighted by atomic mass is 16.6. The highest BCUT2D eigenvalue weighted by Gasteiger charge is 2.40. The normalized spacial score (nSPS) is 21.3. The minimum absolute atomic E-state index is 0.137. The molecule has 0 radical (unpaired) electrons. The van der Waals surface area contributed by atoms with Crippen LogP contribution in [0.25, 0.3) is 0 Å². The summed E-state index contributed by atoms with van der Waals surface area (Å²) >= 11 is 0. The molecule has 0 saturated heterocycles. The van der Waals surface area contributed by atoms with Crippen LogP contribution in [-0.4, -0.2) is 22.8 Å². The minimum atomic E-state index is -1.18. The molecule has 12 heavy (non-hydrogen) atoms. The number of esters is 1. The highest BCUT2D eigenvalue weighted by molar-refractivity contribution is 5.79. The molecule has 0 aromatic heterocycles. The van der Waals surface area contributed by atoms with Crippen molar-refractivity contribution in [2.75, 3.05) is 0 Å². The Balaban J connectivity index is 2.50. The van der Waals surface area contributed by atoms with E-state index in [0.717, 1.165) is 12.8 Å². The molecule has 3 nitrogen and oxygen atoms in total. The van der Waals surface area contributed by atoms with E-state index >= 15 is 0 Å². The van der Waals surface area contributed by atoms with Gasteiger partial charge in [0.05, 0.1) is 6.10 Å². The lowest BCUT2D eigenvalue weighted by molar-refractivity contribution is -0.168. The summed E-state index contributed by atoms with van der Waals surface area (Å²) in [6.45, 7) is 3.58. The second-order valence-corrected chi connectivity index (χ2v) is 3.69. The average Bonchev–Trinajstić information content (AvgIpc) is 2.36. The molecule has 1 fully saturated rings. The van der Waals surface area contributed by atoms with Crippen molar-refractivity contribution in [1.29, 1.82) is 0 Å². The van der Waals surface area contributed by atoms with E-state index < -0.39 is 11.6 Å². The standard InChI is InChI=1S/C9H16O3/c1-7(2)12-8(10)9(11)5-3-4-6-9/h7,11H,3-6H2,1-2H3. The summed E-state index contributed by atoms with van der Waals surface area (Å²) in [5, 5.41) is 9.73. The summed E-state index contributed by atoms with van der Waals surface area (Å²) in [5.41, 5.74) is -1.18. The summed E-state index contributed by atoms with van der Waals surface area (Å²) in [6, 6.07) is 0. The quantitative estimate of drug-likeness (QED) is 0.637. The molecule has 0 spiro atoms. The Bertz CT molecular complexity index is 169. The molecule has 1 aliphatic carbocycles. The maximum Gasteiger partial charge on any atom is 0.338 e. The fourth-order valence-corrected chi connectivity index (χ4v) is 1.49. The molecule has 1 N–H and O–H groups in total. The monoisotopic (exact) mass is 172 g/mol. The van der Waals surface area contributed by atoms with Gasteiger partial charge in [-0.05, 0) is 39.5 Å². The third-order valence-electron chi connectivity index (χ3n) is 2.15. The Morgan fingerprint density at radius 3 is 2.33 bits per heavy atom. The molecule has 1 aliphatic rings. The summed E-state index contributed by atoms with van der Waals surface area (Å²) in [5.74, 6) is -0.449. The van der Waals surface area contributed by atoms with Crippen molar-refractivity contribution in [3.05, 3.63) is 0 Å². The third-order valence-corrected chi connectivity index (χ3v) is 2.15. The van der Waals surface area contributed by atoms with Crippen molar-refractivity contribution >= 4 is 5.97 Å². The van der Waals surface area contributed by atoms with Crippen molar-refractivity contribution in [1.82, 2.24) is 0 Å². The predicted molar refractivity (Wildman–Crippen MR) is 44.6 cm³/mol. The van der Waals surface area contributed by atoms with E-state index in [9.17, 15) is 9.90 Å². The molecule has 1 saturated carbocycles. The summed E-state index contributed by atoms with van der Waals surface area (Å²) in [7, 11) is 0. The van der Waals surface area contributed by atoms with Gasteiger partial charge in [0, 0.05) is 0 Å². The van der Waals surface area contributed by atoms with Crippen LogP contribution >= 0.6 is 0 Å². The van der Waals surface area contributed by atoms with E-state index in [1.54, 1.807) is 13.8 Å². The minimum Gasteiger partial charge on any atom is -0.461 e. The number of hydrogen-bond acceptors (Lipinski definition) is 3. The number of hydrogen-bond donors (Lipinski definition) is 1.